The quantitative estimate of drug-likeness (QED) is 0.541. The van der Waals surface area contributed by atoms with E-state index in [1.807, 2.05) is 13.0 Å². The lowest BCUT2D eigenvalue weighted by atomic mass is 10.2. The molecule has 2 heterocycles. The molecule has 0 unspecified atom stereocenters. The summed E-state index contributed by atoms with van der Waals surface area (Å²) >= 11 is 1.14. The molecule has 0 fully saturated rings. The number of benzene rings is 1. The van der Waals surface area contributed by atoms with Gasteiger partial charge in [-0.2, -0.15) is 5.10 Å². The Hall–Kier alpha value is -3.00. The van der Waals surface area contributed by atoms with E-state index < -0.39 is 5.97 Å². The molecule has 3 aromatic rings. The van der Waals surface area contributed by atoms with Crippen molar-refractivity contribution in [2.24, 2.45) is 5.10 Å². The van der Waals surface area contributed by atoms with Gasteiger partial charge in [0.05, 0.1) is 21.5 Å². The molecule has 8 heteroatoms. The number of rotatable bonds is 5. The van der Waals surface area contributed by atoms with Crippen LogP contribution in [0.5, 0.6) is 0 Å². The van der Waals surface area contributed by atoms with Crippen LogP contribution >= 0.6 is 11.3 Å². The second-order valence-electron chi connectivity index (χ2n) is 5.28. The van der Waals surface area contributed by atoms with Crippen LogP contribution in [0, 0.1) is 0 Å². The van der Waals surface area contributed by atoms with Gasteiger partial charge in [-0.3, -0.25) is 9.36 Å². The standard InChI is InChI=1S/C17H16N4O3S/c1-3-21-15(22)11-6-4-5-7-12(11)18-17(21)20-19-10(2)13-8-9-14(25-13)16(23)24/h4-9H,3H2,1-2H3,(H,18,20)(H,23,24)/b19-10-. The molecule has 0 saturated carbocycles. The number of aromatic nitrogens is 2. The largest absolute Gasteiger partial charge is 0.477 e. The summed E-state index contributed by atoms with van der Waals surface area (Å²) in [7, 11) is 0. The number of anilines is 1. The number of hydrogen-bond donors (Lipinski definition) is 2. The van der Waals surface area contributed by atoms with Crippen LogP contribution in [-0.2, 0) is 6.54 Å². The van der Waals surface area contributed by atoms with Gasteiger partial charge < -0.3 is 5.11 Å². The minimum absolute atomic E-state index is 0.132. The van der Waals surface area contributed by atoms with E-state index in [1.54, 1.807) is 31.2 Å². The van der Waals surface area contributed by atoms with Crippen molar-refractivity contribution in [2.75, 3.05) is 5.43 Å². The highest BCUT2D eigenvalue weighted by Crippen LogP contribution is 2.18. The molecule has 7 nitrogen and oxygen atoms in total. The van der Waals surface area contributed by atoms with Crippen molar-refractivity contribution < 1.29 is 9.90 Å². The molecule has 1 aromatic carbocycles. The minimum Gasteiger partial charge on any atom is -0.477 e. The van der Waals surface area contributed by atoms with Gasteiger partial charge >= 0.3 is 5.97 Å². The average Bonchev–Trinajstić information content (AvgIpc) is 3.10. The average molecular weight is 356 g/mol. The smallest absolute Gasteiger partial charge is 0.345 e. The van der Waals surface area contributed by atoms with Crippen molar-refractivity contribution >= 4 is 39.9 Å². The van der Waals surface area contributed by atoms with Gasteiger partial charge in [0, 0.05) is 6.54 Å². The predicted octanol–water partition coefficient (Wildman–Crippen LogP) is 3.01. The van der Waals surface area contributed by atoms with Gasteiger partial charge in [0.25, 0.3) is 5.56 Å². The summed E-state index contributed by atoms with van der Waals surface area (Å²) in [5.41, 5.74) is 3.91. The molecular formula is C17H16N4O3S. The number of hydrogen-bond acceptors (Lipinski definition) is 6. The maximum atomic E-state index is 12.5. The van der Waals surface area contributed by atoms with E-state index in [4.69, 9.17) is 5.11 Å². The van der Waals surface area contributed by atoms with Crippen molar-refractivity contribution in [3.63, 3.8) is 0 Å². The van der Waals surface area contributed by atoms with Crippen LogP contribution in [0.25, 0.3) is 10.9 Å². The Kier molecular flexibility index (Phi) is 4.62. The Labute approximate surface area is 147 Å². The van der Waals surface area contributed by atoms with E-state index in [9.17, 15) is 9.59 Å². The normalized spacial score (nSPS) is 11.7. The Bertz CT molecular complexity index is 1040. The molecule has 25 heavy (non-hydrogen) atoms. The van der Waals surface area contributed by atoms with Crippen LogP contribution in [-0.4, -0.2) is 26.3 Å². The molecule has 2 N–H and O–H groups in total. The van der Waals surface area contributed by atoms with E-state index in [0.717, 1.165) is 16.2 Å². The highest BCUT2D eigenvalue weighted by molar-refractivity contribution is 7.15. The Morgan fingerprint density at radius 1 is 1.28 bits per heavy atom. The molecule has 0 amide bonds. The number of hydrazone groups is 1. The molecule has 0 spiro atoms. The molecule has 2 aromatic heterocycles. The number of thiophene rings is 1. The molecule has 0 aliphatic rings. The zero-order chi connectivity index (χ0) is 18.0. The molecular weight excluding hydrogens is 340 g/mol. The monoisotopic (exact) mass is 356 g/mol. The molecule has 0 atom stereocenters. The first-order valence-corrected chi connectivity index (χ1v) is 8.46. The predicted molar refractivity (Wildman–Crippen MR) is 98.8 cm³/mol. The summed E-state index contributed by atoms with van der Waals surface area (Å²) in [6, 6.07) is 10.4. The fourth-order valence-corrected chi connectivity index (χ4v) is 3.17. The minimum atomic E-state index is -0.965. The van der Waals surface area contributed by atoms with Crippen molar-refractivity contribution in [3.8, 4) is 0 Å². The Morgan fingerprint density at radius 3 is 2.68 bits per heavy atom. The second-order valence-corrected chi connectivity index (χ2v) is 6.36. The van der Waals surface area contributed by atoms with Crippen LogP contribution in [0.3, 0.4) is 0 Å². The van der Waals surface area contributed by atoms with Crippen LogP contribution in [0.1, 0.15) is 28.4 Å². The summed E-state index contributed by atoms with van der Waals surface area (Å²) in [6.07, 6.45) is 0. The summed E-state index contributed by atoms with van der Waals surface area (Å²) < 4.78 is 1.51. The van der Waals surface area contributed by atoms with Gasteiger partial charge in [-0.25, -0.2) is 15.2 Å². The van der Waals surface area contributed by atoms with Crippen LogP contribution in [0.15, 0.2) is 46.3 Å². The maximum absolute atomic E-state index is 12.5. The zero-order valence-electron chi connectivity index (χ0n) is 13.7. The Balaban J connectivity index is 1.96. The van der Waals surface area contributed by atoms with Gasteiger partial charge in [0.2, 0.25) is 5.95 Å². The van der Waals surface area contributed by atoms with Gasteiger partial charge in [0.1, 0.15) is 4.88 Å². The molecule has 128 valence electrons. The summed E-state index contributed by atoms with van der Waals surface area (Å²) in [6.45, 7) is 4.08. The van der Waals surface area contributed by atoms with Crippen molar-refractivity contribution in [2.45, 2.75) is 20.4 Å². The van der Waals surface area contributed by atoms with E-state index in [2.05, 4.69) is 15.5 Å². The molecule has 0 bridgehead atoms. The van der Waals surface area contributed by atoms with Crippen LogP contribution in [0.4, 0.5) is 5.95 Å². The lowest BCUT2D eigenvalue weighted by Gasteiger charge is -2.11. The molecule has 0 aliphatic heterocycles. The summed E-state index contributed by atoms with van der Waals surface area (Å²) in [4.78, 5) is 29.0. The topological polar surface area (TPSA) is 96.6 Å². The number of para-hydroxylation sites is 1. The van der Waals surface area contributed by atoms with Crippen molar-refractivity contribution in [3.05, 3.63) is 56.5 Å². The lowest BCUT2D eigenvalue weighted by molar-refractivity contribution is 0.0702. The third-order valence-electron chi connectivity index (χ3n) is 3.67. The summed E-state index contributed by atoms with van der Waals surface area (Å²) in [5, 5.41) is 13.8. The first-order chi connectivity index (χ1) is 12.0. The van der Waals surface area contributed by atoms with E-state index in [-0.39, 0.29) is 10.4 Å². The number of fused-ring (bicyclic) bond motifs is 1. The number of carboxylic acid groups (broad SMARTS) is 1. The first kappa shape index (κ1) is 16.8. The number of carbonyl (C=O) groups is 1. The van der Waals surface area contributed by atoms with Crippen molar-refractivity contribution in [1.29, 1.82) is 0 Å². The van der Waals surface area contributed by atoms with Crippen LogP contribution in [0.2, 0.25) is 0 Å². The summed E-state index contributed by atoms with van der Waals surface area (Å²) in [5.74, 6) is -0.617. The number of aromatic carboxylic acids is 1. The van der Waals surface area contributed by atoms with Crippen molar-refractivity contribution in [1.82, 2.24) is 9.55 Å². The highest BCUT2D eigenvalue weighted by Gasteiger charge is 2.11. The molecule has 0 radical (unpaired) electrons. The Morgan fingerprint density at radius 2 is 2.00 bits per heavy atom. The fraction of sp³-hybridized carbons (Fsp3) is 0.176. The van der Waals surface area contributed by atoms with Gasteiger partial charge in [0.15, 0.2) is 0 Å². The molecule has 0 aliphatic carbocycles. The second kappa shape index (κ2) is 6.86. The lowest BCUT2D eigenvalue weighted by Crippen LogP contribution is -2.23. The first-order valence-electron chi connectivity index (χ1n) is 7.64. The maximum Gasteiger partial charge on any atom is 0.345 e. The zero-order valence-corrected chi connectivity index (χ0v) is 14.5. The van der Waals surface area contributed by atoms with Crippen LogP contribution < -0.4 is 11.0 Å². The SMILES string of the molecule is CCn1c(N/N=C(/C)c2ccc(C(=O)O)s2)nc2ccccc2c1=O. The van der Waals surface area contributed by atoms with Gasteiger partial charge in [-0.05, 0) is 38.1 Å². The van der Waals surface area contributed by atoms with Gasteiger partial charge in [-0.1, -0.05) is 12.1 Å². The van der Waals surface area contributed by atoms with E-state index >= 15 is 0 Å². The van der Waals surface area contributed by atoms with E-state index in [1.165, 1.54) is 10.6 Å². The molecule has 3 rings (SSSR count). The number of nitrogens with one attached hydrogen (secondary N) is 1. The fourth-order valence-electron chi connectivity index (χ4n) is 2.38. The number of nitrogens with zero attached hydrogens (tertiary/aromatic N) is 3. The highest BCUT2D eigenvalue weighted by atomic mass is 32.1. The third-order valence-corrected chi connectivity index (χ3v) is 4.86. The third kappa shape index (κ3) is 3.29. The van der Waals surface area contributed by atoms with Gasteiger partial charge in [-0.15, -0.1) is 11.3 Å². The number of carboxylic acids is 1. The van der Waals surface area contributed by atoms with E-state index in [0.29, 0.717) is 29.1 Å². The molecule has 0 saturated heterocycles.